The molecule has 1 aromatic heterocycles. The second kappa shape index (κ2) is 7.59. The van der Waals surface area contributed by atoms with E-state index in [4.69, 9.17) is 4.74 Å². The zero-order valence-electron chi connectivity index (χ0n) is 10.9. The molecule has 0 saturated heterocycles. The predicted molar refractivity (Wildman–Crippen MR) is 73.8 cm³/mol. The Bertz CT molecular complexity index is 511. The van der Waals surface area contributed by atoms with E-state index in [1.165, 1.54) is 18.4 Å². The Morgan fingerprint density at radius 2 is 2.16 bits per heavy atom. The summed E-state index contributed by atoms with van der Waals surface area (Å²) in [7, 11) is -2.07. The summed E-state index contributed by atoms with van der Waals surface area (Å²) in [5.74, 6) is -0.382. The molecule has 0 bridgehead atoms. The molecule has 0 saturated carbocycles. The number of sulfonamides is 1. The molecule has 1 rings (SSSR count). The monoisotopic (exact) mass is 306 g/mol. The van der Waals surface area contributed by atoms with E-state index >= 15 is 0 Å². The van der Waals surface area contributed by atoms with Crippen molar-refractivity contribution in [1.29, 1.82) is 0 Å². The fraction of sp³-hybridized carbons (Fsp3) is 0.545. The molecule has 0 atom stereocenters. The first kappa shape index (κ1) is 16.1. The normalized spacial score (nSPS) is 11.5. The lowest BCUT2D eigenvalue weighted by atomic mass is 10.4. The lowest BCUT2D eigenvalue weighted by molar-refractivity contribution is -0.120. The number of hydrogen-bond acceptors (Lipinski definition) is 5. The average Bonchev–Trinajstić information content (AvgIpc) is 2.86. The molecule has 2 N–H and O–H groups in total. The van der Waals surface area contributed by atoms with Gasteiger partial charge in [0.15, 0.2) is 0 Å². The third-order valence-electron chi connectivity index (χ3n) is 2.30. The van der Waals surface area contributed by atoms with Gasteiger partial charge in [0.05, 0.1) is 13.2 Å². The smallest absolute Gasteiger partial charge is 0.250 e. The summed E-state index contributed by atoms with van der Waals surface area (Å²) in [6.45, 7) is 2.43. The van der Waals surface area contributed by atoms with Crippen molar-refractivity contribution in [3.63, 3.8) is 0 Å². The third-order valence-corrected chi connectivity index (χ3v) is 5.42. The summed E-state index contributed by atoms with van der Waals surface area (Å²) in [6.07, 6.45) is 0.789. The maximum absolute atomic E-state index is 11.9. The third kappa shape index (κ3) is 5.27. The number of hydrogen-bond donors (Lipinski definition) is 2. The quantitative estimate of drug-likeness (QED) is 0.679. The van der Waals surface area contributed by atoms with Gasteiger partial charge in [0, 0.05) is 18.5 Å². The second-order valence-corrected chi connectivity index (χ2v) is 6.90. The standard InChI is InChI=1S/C11H18N2O4S2/c1-3-9-4-5-11(18-9)19(15,16)13-8-10(14)12-6-7-17-2/h4-5,13H,3,6-8H2,1-2H3,(H,12,14). The van der Waals surface area contributed by atoms with Gasteiger partial charge >= 0.3 is 0 Å². The molecule has 0 aliphatic carbocycles. The van der Waals surface area contributed by atoms with Crippen molar-refractivity contribution < 1.29 is 17.9 Å². The minimum absolute atomic E-state index is 0.231. The molecule has 1 aromatic rings. The molecule has 0 aromatic carbocycles. The van der Waals surface area contributed by atoms with Gasteiger partial charge < -0.3 is 10.1 Å². The Hall–Kier alpha value is -0.960. The van der Waals surface area contributed by atoms with Crippen LogP contribution in [0.15, 0.2) is 16.3 Å². The minimum Gasteiger partial charge on any atom is -0.383 e. The van der Waals surface area contributed by atoms with Gasteiger partial charge in [0.2, 0.25) is 5.91 Å². The SMILES string of the molecule is CCc1ccc(S(=O)(=O)NCC(=O)NCCOC)s1. The highest BCUT2D eigenvalue weighted by Gasteiger charge is 2.17. The maximum atomic E-state index is 11.9. The van der Waals surface area contributed by atoms with E-state index in [2.05, 4.69) is 10.0 Å². The van der Waals surface area contributed by atoms with E-state index in [0.717, 1.165) is 11.3 Å². The molecular weight excluding hydrogens is 288 g/mol. The zero-order valence-corrected chi connectivity index (χ0v) is 12.6. The number of thiophene rings is 1. The number of rotatable bonds is 8. The van der Waals surface area contributed by atoms with Crippen LogP contribution < -0.4 is 10.0 Å². The molecule has 6 nitrogen and oxygen atoms in total. The van der Waals surface area contributed by atoms with Gasteiger partial charge in [-0.2, -0.15) is 0 Å². The number of aryl methyl sites for hydroxylation is 1. The molecule has 0 fully saturated rings. The van der Waals surface area contributed by atoms with Gasteiger partial charge in [0.25, 0.3) is 10.0 Å². The molecule has 0 spiro atoms. The van der Waals surface area contributed by atoms with Crippen molar-refractivity contribution in [3.8, 4) is 0 Å². The molecule has 0 aliphatic heterocycles. The van der Waals surface area contributed by atoms with Crippen LogP contribution in [0, 0.1) is 0 Å². The molecule has 0 radical (unpaired) electrons. The van der Waals surface area contributed by atoms with Crippen LogP contribution in [0.5, 0.6) is 0 Å². The lowest BCUT2D eigenvalue weighted by Gasteiger charge is -2.06. The summed E-state index contributed by atoms with van der Waals surface area (Å²) < 4.78 is 31.1. The van der Waals surface area contributed by atoms with Gasteiger partial charge in [-0.3, -0.25) is 4.79 Å². The zero-order chi connectivity index (χ0) is 14.3. The molecule has 0 unspecified atom stereocenters. The Morgan fingerprint density at radius 3 is 2.74 bits per heavy atom. The Balaban J connectivity index is 2.49. The maximum Gasteiger partial charge on any atom is 0.250 e. The molecule has 1 heterocycles. The highest BCUT2D eigenvalue weighted by atomic mass is 32.2. The Kier molecular flexibility index (Phi) is 6.43. The van der Waals surface area contributed by atoms with Crippen LogP contribution in [0.4, 0.5) is 0 Å². The van der Waals surface area contributed by atoms with Crippen LogP contribution in [0.3, 0.4) is 0 Å². The van der Waals surface area contributed by atoms with Gasteiger partial charge in [0.1, 0.15) is 4.21 Å². The highest BCUT2D eigenvalue weighted by Crippen LogP contribution is 2.21. The fourth-order valence-electron chi connectivity index (χ4n) is 1.28. The van der Waals surface area contributed by atoms with Crippen molar-refractivity contribution in [1.82, 2.24) is 10.0 Å². The molecule has 8 heteroatoms. The molecule has 19 heavy (non-hydrogen) atoms. The first-order chi connectivity index (χ1) is 8.99. The van der Waals surface area contributed by atoms with Gasteiger partial charge in [-0.25, -0.2) is 13.1 Å². The Labute approximate surface area is 117 Å². The van der Waals surface area contributed by atoms with Crippen LogP contribution in [0.25, 0.3) is 0 Å². The molecule has 1 amide bonds. The van der Waals surface area contributed by atoms with E-state index in [0.29, 0.717) is 13.2 Å². The van der Waals surface area contributed by atoms with Gasteiger partial charge in [-0.15, -0.1) is 11.3 Å². The van der Waals surface area contributed by atoms with Crippen molar-refractivity contribution in [2.75, 3.05) is 26.8 Å². The van der Waals surface area contributed by atoms with E-state index in [-0.39, 0.29) is 16.7 Å². The van der Waals surface area contributed by atoms with E-state index < -0.39 is 10.0 Å². The average molecular weight is 306 g/mol. The van der Waals surface area contributed by atoms with Crippen molar-refractivity contribution in [3.05, 3.63) is 17.0 Å². The first-order valence-corrected chi connectivity index (χ1v) is 8.13. The van der Waals surface area contributed by atoms with Crippen LogP contribution in [0.1, 0.15) is 11.8 Å². The number of ether oxygens (including phenoxy) is 1. The summed E-state index contributed by atoms with van der Waals surface area (Å²) in [5.41, 5.74) is 0. The predicted octanol–water partition coefficient (Wildman–Crippen LogP) is 0.351. The van der Waals surface area contributed by atoms with E-state index in [1.807, 2.05) is 6.92 Å². The summed E-state index contributed by atoms with van der Waals surface area (Å²) in [5, 5.41) is 2.54. The number of methoxy groups -OCH3 is 1. The van der Waals surface area contributed by atoms with Crippen LogP contribution in [0.2, 0.25) is 0 Å². The first-order valence-electron chi connectivity index (χ1n) is 5.83. The number of carbonyl (C=O) groups excluding carboxylic acids is 1. The lowest BCUT2D eigenvalue weighted by Crippen LogP contribution is -2.37. The van der Waals surface area contributed by atoms with E-state index in [9.17, 15) is 13.2 Å². The molecular formula is C11H18N2O4S2. The van der Waals surface area contributed by atoms with Gasteiger partial charge in [-0.05, 0) is 18.6 Å². The summed E-state index contributed by atoms with van der Waals surface area (Å²) >= 11 is 1.21. The van der Waals surface area contributed by atoms with Crippen molar-refractivity contribution in [2.45, 2.75) is 17.6 Å². The van der Waals surface area contributed by atoms with Crippen molar-refractivity contribution >= 4 is 27.3 Å². The van der Waals surface area contributed by atoms with Gasteiger partial charge in [-0.1, -0.05) is 6.92 Å². The highest BCUT2D eigenvalue weighted by molar-refractivity contribution is 7.91. The topological polar surface area (TPSA) is 84.5 Å². The molecule has 0 aliphatic rings. The molecule has 108 valence electrons. The minimum atomic E-state index is -3.60. The van der Waals surface area contributed by atoms with Crippen LogP contribution in [-0.4, -0.2) is 41.1 Å². The number of carbonyl (C=O) groups is 1. The summed E-state index contributed by atoms with van der Waals surface area (Å²) in [4.78, 5) is 12.4. The van der Waals surface area contributed by atoms with E-state index in [1.54, 1.807) is 12.1 Å². The number of amides is 1. The summed E-state index contributed by atoms with van der Waals surface area (Å²) in [6, 6.07) is 3.33. The van der Waals surface area contributed by atoms with Crippen LogP contribution in [-0.2, 0) is 26.0 Å². The Morgan fingerprint density at radius 1 is 1.42 bits per heavy atom. The second-order valence-electron chi connectivity index (χ2n) is 3.74. The van der Waals surface area contributed by atoms with Crippen molar-refractivity contribution in [2.24, 2.45) is 0 Å². The fourth-order valence-corrected chi connectivity index (χ4v) is 3.60. The largest absolute Gasteiger partial charge is 0.383 e. The number of nitrogens with one attached hydrogen (secondary N) is 2. The van der Waals surface area contributed by atoms with Crippen LogP contribution >= 0.6 is 11.3 Å².